The van der Waals surface area contributed by atoms with Gasteiger partial charge in [0.05, 0.1) is 24.2 Å². The smallest absolute Gasteiger partial charge is 0.306 e. The minimum atomic E-state index is -0.844. The maximum Gasteiger partial charge on any atom is 0.306 e. The van der Waals surface area contributed by atoms with E-state index in [1.807, 2.05) is 32.0 Å². The van der Waals surface area contributed by atoms with Crippen LogP contribution in [0.15, 0.2) is 30.6 Å². The SMILES string of the molecule is Cc1cc(C)cc(C(=O)N[C@@H]2CC(C(=O)O)C[C@@H]2n2ccnn2)c1. The summed E-state index contributed by atoms with van der Waals surface area (Å²) in [7, 11) is 0. The van der Waals surface area contributed by atoms with E-state index in [2.05, 4.69) is 15.6 Å². The molecule has 0 bridgehead atoms. The molecule has 7 nitrogen and oxygen atoms in total. The summed E-state index contributed by atoms with van der Waals surface area (Å²) in [6.07, 6.45) is 4.06. The Morgan fingerprint density at radius 2 is 1.92 bits per heavy atom. The summed E-state index contributed by atoms with van der Waals surface area (Å²) in [5.41, 5.74) is 2.62. The van der Waals surface area contributed by atoms with Crippen LogP contribution in [0.2, 0.25) is 0 Å². The molecule has 0 spiro atoms. The largest absolute Gasteiger partial charge is 0.481 e. The van der Waals surface area contributed by atoms with E-state index in [1.165, 1.54) is 0 Å². The monoisotopic (exact) mass is 328 g/mol. The molecular formula is C17H20N4O3. The molecule has 0 aliphatic heterocycles. The second kappa shape index (κ2) is 6.43. The molecule has 0 saturated heterocycles. The number of aryl methyl sites for hydroxylation is 2. The zero-order valence-corrected chi connectivity index (χ0v) is 13.6. The maximum atomic E-state index is 12.6. The Bertz CT molecular complexity index is 737. The number of carbonyl (C=O) groups is 2. The molecule has 7 heteroatoms. The Labute approximate surface area is 139 Å². The summed E-state index contributed by atoms with van der Waals surface area (Å²) in [5, 5.41) is 20.1. The number of carboxylic acids is 1. The van der Waals surface area contributed by atoms with Gasteiger partial charge in [-0.2, -0.15) is 0 Å². The standard InChI is InChI=1S/C17H20N4O3/c1-10-5-11(2)7-12(6-10)16(22)19-14-8-13(17(23)24)9-15(14)21-4-3-18-20-21/h3-7,13-15H,8-9H2,1-2H3,(H,19,22)(H,23,24)/t13?,14-,15+/m1/s1. The van der Waals surface area contributed by atoms with Gasteiger partial charge < -0.3 is 10.4 Å². The van der Waals surface area contributed by atoms with Crippen LogP contribution in [-0.4, -0.2) is 38.0 Å². The molecule has 1 aliphatic carbocycles. The molecule has 1 aliphatic rings. The summed E-state index contributed by atoms with van der Waals surface area (Å²) >= 11 is 0. The van der Waals surface area contributed by atoms with Gasteiger partial charge in [0.25, 0.3) is 5.91 Å². The van der Waals surface area contributed by atoms with E-state index < -0.39 is 11.9 Å². The van der Waals surface area contributed by atoms with Crippen molar-refractivity contribution >= 4 is 11.9 Å². The fourth-order valence-corrected chi connectivity index (χ4v) is 3.42. The number of carbonyl (C=O) groups excluding carboxylic acids is 1. The number of aliphatic carboxylic acids is 1. The number of hydrogen-bond acceptors (Lipinski definition) is 4. The molecule has 3 rings (SSSR count). The van der Waals surface area contributed by atoms with Crippen LogP contribution in [0.5, 0.6) is 0 Å². The van der Waals surface area contributed by atoms with Crippen molar-refractivity contribution in [2.75, 3.05) is 0 Å². The number of carboxylic acid groups (broad SMARTS) is 1. The molecular weight excluding hydrogens is 308 g/mol. The highest BCUT2D eigenvalue weighted by atomic mass is 16.4. The van der Waals surface area contributed by atoms with Crippen LogP contribution in [0.1, 0.15) is 40.4 Å². The lowest BCUT2D eigenvalue weighted by molar-refractivity contribution is -0.141. The lowest BCUT2D eigenvalue weighted by Gasteiger charge is -2.21. The van der Waals surface area contributed by atoms with Crippen molar-refractivity contribution in [1.29, 1.82) is 0 Å². The number of aromatic nitrogens is 3. The third-order valence-electron chi connectivity index (χ3n) is 4.46. The first-order chi connectivity index (χ1) is 11.4. The molecule has 1 aromatic heterocycles. The maximum absolute atomic E-state index is 12.6. The lowest BCUT2D eigenvalue weighted by atomic mass is 10.1. The Morgan fingerprint density at radius 1 is 1.21 bits per heavy atom. The molecule has 0 radical (unpaired) electrons. The van der Waals surface area contributed by atoms with E-state index >= 15 is 0 Å². The van der Waals surface area contributed by atoms with Crippen LogP contribution in [0.25, 0.3) is 0 Å². The predicted molar refractivity (Wildman–Crippen MR) is 86.6 cm³/mol. The van der Waals surface area contributed by atoms with Crippen LogP contribution < -0.4 is 5.32 Å². The first kappa shape index (κ1) is 16.2. The first-order valence-electron chi connectivity index (χ1n) is 7.92. The molecule has 2 aromatic rings. The molecule has 1 fully saturated rings. The quantitative estimate of drug-likeness (QED) is 0.891. The Hall–Kier alpha value is -2.70. The van der Waals surface area contributed by atoms with Gasteiger partial charge in [0.15, 0.2) is 0 Å². The molecule has 24 heavy (non-hydrogen) atoms. The van der Waals surface area contributed by atoms with Gasteiger partial charge >= 0.3 is 5.97 Å². The zero-order chi connectivity index (χ0) is 17.3. The summed E-state index contributed by atoms with van der Waals surface area (Å²) in [4.78, 5) is 23.9. The van der Waals surface area contributed by atoms with E-state index in [1.54, 1.807) is 17.1 Å². The van der Waals surface area contributed by atoms with Crippen LogP contribution in [0.4, 0.5) is 0 Å². The van der Waals surface area contributed by atoms with Gasteiger partial charge in [-0.25, -0.2) is 4.68 Å². The molecule has 1 unspecified atom stereocenters. The molecule has 1 aromatic carbocycles. The number of amides is 1. The Morgan fingerprint density at radius 3 is 2.50 bits per heavy atom. The Balaban J connectivity index is 1.80. The van der Waals surface area contributed by atoms with Gasteiger partial charge in [-0.05, 0) is 38.8 Å². The van der Waals surface area contributed by atoms with Crippen molar-refractivity contribution in [3.05, 3.63) is 47.3 Å². The van der Waals surface area contributed by atoms with Crippen molar-refractivity contribution in [2.45, 2.75) is 38.8 Å². The van der Waals surface area contributed by atoms with Gasteiger partial charge in [0.2, 0.25) is 0 Å². The van der Waals surface area contributed by atoms with Crippen LogP contribution in [0.3, 0.4) is 0 Å². The lowest BCUT2D eigenvalue weighted by Crippen LogP contribution is -2.38. The summed E-state index contributed by atoms with van der Waals surface area (Å²) < 4.78 is 1.63. The molecule has 1 saturated carbocycles. The number of nitrogens with zero attached hydrogens (tertiary/aromatic N) is 3. The topological polar surface area (TPSA) is 97.1 Å². The van der Waals surface area contributed by atoms with Crippen molar-refractivity contribution in [3.63, 3.8) is 0 Å². The van der Waals surface area contributed by atoms with Crippen molar-refractivity contribution in [3.8, 4) is 0 Å². The van der Waals surface area contributed by atoms with Crippen molar-refractivity contribution in [1.82, 2.24) is 20.3 Å². The van der Waals surface area contributed by atoms with Gasteiger partial charge in [-0.15, -0.1) is 5.10 Å². The van der Waals surface area contributed by atoms with E-state index in [-0.39, 0.29) is 18.0 Å². The van der Waals surface area contributed by atoms with Gasteiger partial charge in [0.1, 0.15) is 0 Å². The molecule has 1 heterocycles. The number of benzene rings is 1. The minimum absolute atomic E-state index is 0.192. The van der Waals surface area contributed by atoms with E-state index in [9.17, 15) is 14.7 Å². The molecule has 1 amide bonds. The summed E-state index contributed by atoms with van der Waals surface area (Å²) in [6, 6.07) is 5.17. The second-order valence-corrected chi connectivity index (χ2v) is 6.41. The van der Waals surface area contributed by atoms with E-state index in [4.69, 9.17) is 0 Å². The van der Waals surface area contributed by atoms with E-state index in [0.29, 0.717) is 18.4 Å². The fraction of sp³-hybridized carbons (Fsp3) is 0.412. The highest BCUT2D eigenvalue weighted by Crippen LogP contribution is 2.34. The average molecular weight is 328 g/mol. The Kier molecular flexibility index (Phi) is 4.33. The van der Waals surface area contributed by atoms with Crippen LogP contribution >= 0.6 is 0 Å². The summed E-state index contributed by atoms with van der Waals surface area (Å²) in [6.45, 7) is 3.88. The highest BCUT2D eigenvalue weighted by Gasteiger charge is 2.40. The fourth-order valence-electron chi connectivity index (χ4n) is 3.42. The number of hydrogen-bond donors (Lipinski definition) is 2. The normalized spacial score (nSPS) is 23.2. The highest BCUT2D eigenvalue weighted by molar-refractivity contribution is 5.94. The van der Waals surface area contributed by atoms with Gasteiger partial charge in [0, 0.05) is 11.8 Å². The van der Waals surface area contributed by atoms with Crippen LogP contribution in [-0.2, 0) is 4.79 Å². The van der Waals surface area contributed by atoms with E-state index in [0.717, 1.165) is 11.1 Å². The summed E-state index contributed by atoms with van der Waals surface area (Å²) in [5.74, 6) is -1.53. The third-order valence-corrected chi connectivity index (χ3v) is 4.46. The third kappa shape index (κ3) is 3.29. The number of rotatable bonds is 4. The molecule has 2 N–H and O–H groups in total. The second-order valence-electron chi connectivity index (χ2n) is 6.41. The average Bonchev–Trinajstić information content (AvgIpc) is 3.14. The van der Waals surface area contributed by atoms with Gasteiger partial charge in [-0.1, -0.05) is 22.4 Å². The van der Waals surface area contributed by atoms with Crippen molar-refractivity contribution in [2.24, 2.45) is 5.92 Å². The first-order valence-corrected chi connectivity index (χ1v) is 7.92. The predicted octanol–water partition coefficient (Wildman–Crippen LogP) is 1.73. The van der Waals surface area contributed by atoms with Crippen LogP contribution in [0, 0.1) is 19.8 Å². The number of nitrogens with one attached hydrogen (secondary N) is 1. The molecule has 3 atom stereocenters. The zero-order valence-electron chi connectivity index (χ0n) is 13.6. The van der Waals surface area contributed by atoms with Crippen molar-refractivity contribution < 1.29 is 14.7 Å². The minimum Gasteiger partial charge on any atom is -0.481 e. The molecule has 126 valence electrons. The van der Waals surface area contributed by atoms with Gasteiger partial charge in [-0.3, -0.25) is 9.59 Å².